The summed E-state index contributed by atoms with van der Waals surface area (Å²) in [5.41, 5.74) is 11.3. The highest BCUT2D eigenvalue weighted by atomic mass is 15.2. The van der Waals surface area contributed by atoms with Crippen molar-refractivity contribution in [1.29, 1.82) is 0 Å². The molecular weight excluding hydrogens is 138 g/mol. The van der Waals surface area contributed by atoms with Gasteiger partial charge in [-0.25, -0.2) is 0 Å². The Morgan fingerprint density at radius 2 is 1.73 bits per heavy atom. The van der Waals surface area contributed by atoms with Crippen LogP contribution in [0.25, 0.3) is 0 Å². The third-order valence-electron chi connectivity index (χ3n) is 2.24. The summed E-state index contributed by atoms with van der Waals surface area (Å²) < 4.78 is 0. The van der Waals surface area contributed by atoms with Crippen molar-refractivity contribution in [2.75, 3.05) is 14.1 Å². The average Bonchev–Trinajstić information content (AvgIpc) is 1.88. The number of hydrogen-bond donors (Lipinski definition) is 2. The van der Waals surface area contributed by atoms with Gasteiger partial charge in [0.25, 0.3) is 0 Å². The van der Waals surface area contributed by atoms with E-state index in [2.05, 4.69) is 11.8 Å². The quantitative estimate of drug-likeness (QED) is 0.582. The van der Waals surface area contributed by atoms with E-state index < -0.39 is 5.66 Å². The Kier molecular flexibility index (Phi) is 4.00. The first kappa shape index (κ1) is 10.9. The zero-order valence-corrected chi connectivity index (χ0v) is 8.09. The summed E-state index contributed by atoms with van der Waals surface area (Å²) in [6.07, 6.45) is 1.80. The van der Waals surface area contributed by atoms with Crippen LogP contribution in [0.15, 0.2) is 0 Å². The van der Waals surface area contributed by atoms with E-state index in [4.69, 9.17) is 11.5 Å². The molecule has 0 aliphatic rings. The van der Waals surface area contributed by atoms with Gasteiger partial charge in [-0.05, 0) is 26.9 Å². The van der Waals surface area contributed by atoms with E-state index in [1.165, 1.54) is 0 Å². The Balaban J connectivity index is 4.23. The number of nitrogens with two attached hydrogens (primary N) is 2. The molecule has 0 radical (unpaired) electrons. The molecule has 0 spiro atoms. The lowest BCUT2D eigenvalue weighted by Gasteiger charge is -2.37. The number of nitrogens with zero attached hydrogens (tertiary/aromatic N) is 1. The maximum Gasteiger partial charge on any atom is 0.0793 e. The summed E-state index contributed by atoms with van der Waals surface area (Å²) >= 11 is 0. The summed E-state index contributed by atoms with van der Waals surface area (Å²) in [5.74, 6) is 0. The first-order chi connectivity index (χ1) is 4.95. The monoisotopic (exact) mass is 159 g/mol. The highest BCUT2D eigenvalue weighted by molar-refractivity contribution is 4.88. The molecule has 0 aliphatic carbocycles. The first-order valence-corrected chi connectivity index (χ1v) is 4.19. The summed E-state index contributed by atoms with van der Waals surface area (Å²) in [6.45, 7) is 4.13. The molecule has 0 fully saturated rings. The molecule has 0 amide bonds. The van der Waals surface area contributed by atoms with Gasteiger partial charge in [-0.2, -0.15) is 0 Å². The lowest BCUT2D eigenvalue weighted by molar-refractivity contribution is 0.170. The largest absolute Gasteiger partial charge is 0.312 e. The molecule has 3 heteroatoms. The second kappa shape index (κ2) is 4.04. The fourth-order valence-electron chi connectivity index (χ4n) is 1.46. The van der Waals surface area contributed by atoms with Crippen molar-refractivity contribution in [2.24, 2.45) is 11.5 Å². The van der Waals surface area contributed by atoms with E-state index in [-0.39, 0.29) is 6.04 Å². The molecule has 0 bridgehead atoms. The first-order valence-electron chi connectivity index (χ1n) is 4.19. The van der Waals surface area contributed by atoms with Gasteiger partial charge in [-0.3, -0.25) is 0 Å². The van der Waals surface area contributed by atoms with Crippen LogP contribution in [0.2, 0.25) is 0 Å². The van der Waals surface area contributed by atoms with Crippen LogP contribution in [-0.4, -0.2) is 30.7 Å². The van der Waals surface area contributed by atoms with Crippen molar-refractivity contribution in [1.82, 2.24) is 4.90 Å². The third kappa shape index (κ3) is 2.77. The fourth-order valence-corrected chi connectivity index (χ4v) is 1.46. The van der Waals surface area contributed by atoms with E-state index in [0.717, 1.165) is 12.8 Å². The lowest BCUT2D eigenvalue weighted by atomic mass is 9.96. The maximum atomic E-state index is 5.91. The number of hydrogen-bond acceptors (Lipinski definition) is 3. The van der Waals surface area contributed by atoms with Crippen LogP contribution in [0.5, 0.6) is 0 Å². The van der Waals surface area contributed by atoms with Crippen LogP contribution in [0.3, 0.4) is 0 Å². The van der Waals surface area contributed by atoms with Crippen molar-refractivity contribution < 1.29 is 0 Å². The van der Waals surface area contributed by atoms with E-state index in [1.807, 2.05) is 21.0 Å². The smallest absolute Gasteiger partial charge is 0.0793 e. The van der Waals surface area contributed by atoms with Gasteiger partial charge in [0.1, 0.15) is 0 Å². The van der Waals surface area contributed by atoms with Crippen molar-refractivity contribution in [3.8, 4) is 0 Å². The molecule has 0 aromatic heterocycles. The Morgan fingerprint density at radius 3 is 1.82 bits per heavy atom. The maximum absolute atomic E-state index is 5.91. The predicted octanol–water partition coefficient (Wildman–Crippen LogP) is 0.350. The molecule has 11 heavy (non-hydrogen) atoms. The fraction of sp³-hybridized carbons (Fsp3) is 1.00. The molecular formula is C8H21N3. The average molecular weight is 159 g/mol. The molecule has 3 nitrogen and oxygen atoms in total. The van der Waals surface area contributed by atoms with Gasteiger partial charge in [0, 0.05) is 6.04 Å². The molecule has 0 aliphatic heterocycles. The lowest BCUT2D eigenvalue weighted by Crippen LogP contribution is -2.62. The van der Waals surface area contributed by atoms with Gasteiger partial charge in [0.05, 0.1) is 5.66 Å². The van der Waals surface area contributed by atoms with Gasteiger partial charge < -0.3 is 16.4 Å². The molecule has 68 valence electrons. The van der Waals surface area contributed by atoms with Crippen molar-refractivity contribution >= 4 is 0 Å². The molecule has 0 heterocycles. The minimum absolute atomic E-state index is 0.271. The Bertz CT molecular complexity index is 110. The molecule has 0 rings (SSSR count). The number of likely N-dealkylation sites (N-methyl/N-ethyl adjacent to an activating group) is 1. The summed E-state index contributed by atoms with van der Waals surface area (Å²) in [4.78, 5) is 2.09. The second-order valence-corrected chi connectivity index (χ2v) is 3.35. The van der Waals surface area contributed by atoms with Gasteiger partial charge in [-0.15, -0.1) is 0 Å². The highest BCUT2D eigenvalue weighted by Gasteiger charge is 2.28. The molecule has 0 saturated heterocycles. The normalized spacial score (nSPS) is 15.5. The van der Waals surface area contributed by atoms with Crippen LogP contribution in [0.1, 0.15) is 26.7 Å². The van der Waals surface area contributed by atoms with Crippen molar-refractivity contribution in [3.63, 3.8) is 0 Å². The summed E-state index contributed by atoms with van der Waals surface area (Å²) in [5, 5.41) is 0. The second-order valence-electron chi connectivity index (χ2n) is 3.35. The van der Waals surface area contributed by atoms with Crippen LogP contribution >= 0.6 is 0 Å². The van der Waals surface area contributed by atoms with Crippen LogP contribution < -0.4 is 11.5 Å². The van der Waals surface area contributed by atoms with E-state index in [1.54, 1.807) is 0 Å². The molecule has 0 aromatic carbocycles. The molecule has 0 saturated carbocycles. The van der Waals surface area contributed by atoms with Crippen LogP contribution in [-0.2, 0) is 0 Å². The van der Waals surface area contributed by atoms with Gasteiger partial charge in [-0.1, -0.05) is 13.8 Å². The minimum atomic E-state index is -0.543. The van der Waals surface area contributed by atoms with Crippen LogP contribution in [0, 0.1) is 0 Å². The molecule has 0 aromatic rings. The topological polar surface area (TPSA) is 55.3 Å². The van der Waals surface area contributed by atoms with E-state index in [9.17, 15) is 0 Å². The molecule has 1 unspecified atom stereocenters. The van der Waals surface area contributed by atoms with Gasteiger partial charge >= 0.3 is 0 Å². The summed E-state index contributed by atoms with van der Waals surface area (Å²) in [6, 6.07) is 0.271. The molecule has 1 atom stereocenters. The van der Waals surface area contributed by atoms with E-state index in [0.29, 0.717) is 0 Å². The Hall–Kier alpha value is -0.120. The number of rotatable bonds is 4. The molecule has 4 N–H and O–H groups in total. The predicted molar refractivity (Wildman–Crippen MR) is 49.2 cm³/mol. The zero-order valence-electron chi connectivity index (χ0n) is 8.09. The Morgan fingerprint density at radius 1 is 1.27 bits per heavy atom. The van der Waals surface area contributed by atoms with Crippen molar-refractivity contribution in [2.45, 2.75) is 38.4 Å². The third-order valence-corrected chi connectivity index (χ3v) is 2.24. The zero-order chi connectivity index (χ0) is 9.07. The van der Waals surface area contributed by atoms with Gasteiger partial charge in [0.15, 0.2) is 0 Å². The summed E-state index contributed by atoms with van der Waals surface area (Å²) in [7, 11) is 4.02. The SMILES string of the molecule is CCC(N(C)C)C(N)(N)CC. The van der Waals surface area contributed by atoms with Crippen molar-refractivity contribution in [3.05, 3.63) is 0 Å². The van der Waals surface area contributed by atoms with E-state index >= 15 is 0 Å². The highest BCUT2D eigenvalue weighted by Crippen LogP contribution is 2.12. The Labute approximate surface area is 69.7 Å². The van der Waals surface area contributed by atoms with Crippen LogP contribution in [0.4, 0.5) is 0 Å². The standard InChI is InChI=1S/C8H21N3/c1-5-7(11(3)4)8(9,10)6-2/h7H,5-6,9-10H2,1-4H3. The minimum Gasteiger partial charge on any atom is -0.312 e. The van der Waals surface area contributed by atoms with Gasteiger partial charge in [0.2, 0.25) is 0 Å².